The first-order chi connectivity index (χ1) is 12.0. The molecular weight excluding hydrogens is 340 g/mol. The molecule has 0 bridgehead atoms. The van der Waals surface area contributed by atoms with Crippen molar-refractivity contribution in [2.75, 3.05) is 27.3 Å². The summed E-state index contributed by atoms with van der Waals surface area (Å²) in [5.41, 5.74) is 0.928. The molecule has 0 radical (unpaired) electrons. The fourth-order valence-corrected chi connectivity index (χ4v) is 2.99. The van der Waals surface area contributed by atoms with Crippen molar-refractivity contribution in [3.63, 3.8) is 0 Å². The molecule has 0 spiro atoms. The average Bonchev–Trinajstić information content (AvgIpc) is 3.15. The fourth-order valence-electron chi connectivity index (χ4n) is 2.35. The third kappa shape index (κ3) is 5.22. The number of amides is 2. The lowest BCUT2D eigenvalue weighted by Crippen LogP contribution is -2.36. The van der Waals surface area contributed by atoms with Crippen LogP contribution in [0, 0.1) is 0 Å². The molecule has 0 atom stereocenters. The highest BCUT2D eigenvalue weighted by molar-refractivity contribution is 7.12. The molecule has 2 aromatic rings. The lowest BCUT2D eigenvalue weighted by atomic mass is 10.2. The van der Waals surface area contributed by atoms with Crippen LogP contribution in [0.1, 0.15) is 22.2 Å². The Balaban J connectivity index is 1.94. The Hall–Kier alpha value is -2.54. The standard InChI is InChI=1S/C18H22N2O4S/c1-13(21)20(9-8-19-18(22)17-5-4-10-25-17)12-14-6-7-15(23-2)16(11-14)24-3/h4-7,10-11H,8-9,12H2,1-3H3,(H,19,22). The first-order valence-corrected chi connectivity index (χ1v) is 8.71. The Morgan fingerprint density at radius 3 is 2.52 bits per heavy atom. The molecule has 1 N–H and O–H groups in total. The van der Waals surface area contributed by atoms with Gasteiger partial charge in [0.15, 0.2) is 11.5 Å². The van der Waals surface area contributed by atoms with Crippen LogP contribution in [0.2, 0.25) is 0 Å². The molecule has 0 saturated heterocycles. The molecule has 134 valence electrons. The van der Waals surface area contributed by atoms with Crippen LogP contribution in [0.25, 0.3) is 0 Å². The van der Waals surface area contributed by atoms with Crippen molar-refractivity contribution in [3.8, 4) is 11.5 Å². The van der Waals surface area contributed by atoms with Crippen LogP contribution in [0.3, 0.4) is 0 Å². The predicted molar refractivity (Wildman–Crippen MR) is 97.3 cm³/mol. The molecule has 0 aliphatic rings. The molecule has 25 heavy (non-hydrogen) atoms. The first kappa shape index (κ1) is 18.8. The van der Waals surface area contributed by atoms with E-state index in [-0.39, 0.29) is 11.8 Å². The van der Waals surface area contributed by atoms with Crippen molar-refractivity contribution < 1.29 is 19.1 Å². The van der Waals surface area contributed by atoms with Crippen molar-refractivity contribution in [2.45, 2.75) is 13.5 Å². The van der Waals surface area contributed by atoms with E-state index in [4.69, 9.17) is 9.47 Å². The normalized spacial score (nSPS) is 10.2. The van der Waals surface area contributed by atoms with Gasteiger partial charge in [-0.2, -0.15) is 0 Å². The van der Waals surface area contributed by atoms with E-state index in [2.05, 4.69) is 5.32 Å². The van der Waals surface area contributed by atoms with Gasteiger partial charge in [0.1, 0.15) is 0 Å². The number of benzene rings is 1. The molecule has 1 heterocycles. The van der Waals surface area contributed by atoms with Gasteiger partial charge in [-0.15, -0.1) is 11.3 Å². The topological polar surface area (TPSA) is 67.9 Å². The zero-order chi connectivity index (χ0) is 18.2. The summed E-state index contributed by atoms with van der Waals surface area (Å²) in [7, 11) is 3.15. The van der Waals surface area contributed by atoms with Crippen LogP contribution >= 0.6 is 11.3 Å². The number of nitrogens with one attached hydrogen (secondary N) is 1. The third-order valence-corrected chi connectivity index (χ3v) is 4.55. The van der Waals surface area contributed by atoms with E-state index in [9.17, 15) is 9.59 Å². The smallest absolute Gasteiger partial charge is 0.261 e. The quantitative estimate of drug-likeness (QED) is 0.784. The van der Waals surface area contributed by atoms with Crippen LogP contribution in [-0.4, -0.2) is 44.0 Å². The Kier molecular flexibility index (Phi) is 6.82. The molecule has 2 amide bonds. The number of carbonyl (C=O) groups excluding carboxylic acids is 2. The van der Waals surface area contributed by atoms with Crippen molar-refractivity contribution in [1.82, 2.24) is 10.2 Å². The van der Waals surface area contributed by atoms with Crippen molar-refractivity contribution in [3.05, 3.63) is 46.2 Å². The van der Waals surface area contributed by atoms with Gasteiger partial charge in [-0.3, -0.25) is 9.59 Å². The minimum Gasteiger partial charge on any atom is -0.493 e. The van der Waals surface area contributed by atoms with Crippen molar-refractivity contribution in [2.24, 2.45) is 0 Å². The second-order valence-corrected chi connectivity index (χ2v) is 6.31. The van der Waals surface area contributed by atoms with Gasteiger partial charge in [-0.1, -0.05) is 12.1 Å². The SMILES string of the molecule is COc1ccc(CN(CCNC(=O)c2cccs2)C(C)=O)cc1OC. The second-order valence-electron chi connectivity index (χ2n) is 5.36. The molecule has 1 aromatic heterocycles. The highest BCUT2D eigenvalue weighted by Crippen LogP contribution is 2.28. The molecule has 0 saturated carbocycles. The summed E-state index contributed by atoms with van der Waals surface area (Å²) in [6, 6.07) is 9.15. The fraction of sp³-hybridized carbons (Fsp3) is 0.333. The van der Waals surface area contributed by atoms with Gasteiger partial charge in [0.2, 0.25) is 5.91 Å². The number of carbonyl (C=O) groups is 2. The van der Waals surface area contributed by atoms with Crippen LogP contribution in [0.4, 0.5) is 0 Å². The Labute approximate surface area is 151 Å². The number of methoxy groups -OCH3 is 2. The number of hydrogen-bond acceptors (Lipinski definition) is 5. The Bertz CT molecular complexity index is 716. The zero-order valence-electron chi connectivity index (χ0n) is 14.6. The van der Waals surface area contributed by atoms with Crippen LogP contribution < -0.4 is 14.8 Å². The van der Waals surface area contributed by atoms with Crippen LogP contribution in [-0.2, 0) is 11.3 Å². The number of rotatable bonds is 8. The van der Waals surface area contributed by atoms with E-state index >= 15 is 0 Å². The zero-order valence-corrected chi connectivity index (χ0v) is 15.4. The van der Waals surface area contributed by atoms with Gasteiger partial charge in [-0.25, -0.2) is 0 Å². The number of thiophene rings is 1. The van der Waals surface area contributed by atoms with E-state index in [0.717, 1.165) is 5.56 Å². The summed E-state index contributed by atoms with van der Waals surface area (Å²) in [5, 5.41) is 4.68. The molecule has 0 fully saturated rings. The van der Waals surface area contributed by atoms with E-state index in [1.54, 1.807) is 25.2 Å². The summed E-state index contributed by atoms with van der Waals surface area (Å²) in [5.74, 6) is 1.09. The van der Waals surface area contributed by atoms with E-state index < -0.39 is 0 Å². The maximum absolute atomic E-state index is 11.9. The highest BCUT2D eigenvalue weighted by atomic mass is 32.1. The van der Waals surface area contributed by atoms with Gasteiger partial charge in [0.05, 0.1) is 19.1 Å². The molecular formula is C18H22N2O4S. The number of hydrogen-bond donors (Lipinski definition) is 1. The van der Waals surface area contributed by atoms with Gasteiger partial charge in [0, 0.05) is 26.6 Å². The highest BCUT2D eigenvalue weighted by Gasteiger charge is 2.13. The van der Waals surface area contributed by atoms with E-state index in [0.29, 0.717) is 36.0 Å². The summed E-state index contributed by atoms with van der Waals surface area (Å²) < 4.78 is 10.5. The van der Waals surface area contributed by atoms with Crippen molar-refractivity contribution >= 4 is 23.2 Å². The van der Waals surface area contributed by atoms with Crippen molar-refractivity contribution in [1.29, 1.82) is 0 Å². The second kappa shape index (κ2) is 9.08. The monoisotopic (exact) mass is 362 g/mol. The summed E-state index contributed by atoms with van der Waals surface area (Å²) in [6.07, 6.45) is 0. The van der Waals surface area contributed by atoms with Gasteiger partial charge in [-0.05, 0) is 29.1 Å². The maximum Gasteiger partial charge on any atom is 0.261 e. The molecule has 2 rings (SSSR count). The molecule has 1 aromatic carbocycles. The summed E-state index contributed by atoms with van der Waals surface area (Å²) in [4.78, 5) is 26.2. The lowest BCUT2D eigenvalue weighted by molar-refractivity contribution is -0.129. The Morgan fingerprint density at radius 2 is 1.92 bits per heavy atom. The Morgan fingerprint density at radius 1 is 1.16 bits per heavy atom. The minimum atomic E-state index is -0.121. The van der Waals surface area contributed by atoms with Gasteiger partial charge in [0.25, 0.3) is 5.91 Å². The van der Waals surface area contributed by atoms with Crippen LogP contribution in [0.5, 0.6) is 11.5 Å². The van der Waals surface area contributed by atoms with Gasteiger partial charge < -0.3 is 19.7 Å². The summed E-state index contributed by atoms with van der Waals surface area (Å²) >= 11 is 1.39. The lowest BCUT2D eigenvalue weighted by Gasteiger charge is -2.22. The third-order valence-electron chi connectivity index (χ3n) is 3.68. The number of nitrogens with zero attached hydrogens (tertiary/aromatic N) is 1. The van der Waals surface area contributed by atoms with E-state index in [1.807, 2.05) is 29.6 Å². The number of ether oxygens (including phenoxy) is 2. The summed E-state index contributed by atoms with van der Waals surface area (Å²) in [6.45, 7) is 2.77. The minimum absolute atomic E-state index is 0.0554. The molecule has 0 unspecified atom stereocenters. The van der Waals surface area contributed by atoms with Crippen LogP contribution in [0.15, 0.2) is 35.7 Å². The molecule has 7 heteroatoms. The molecule has 0 aliphatic heterocycles. The molecule has 6 nitrogen and oxygen atoms in total. The first-order valence-electron chi connectivity index (χ1n) is 7.83. The largest absolute Gasteiger partial charge is 0.493 e. The van der Waals surface area contributed by atoms with E-state index in [1.165, 1.54) is 18.3 Å². The average molecular weight is 362 g/mol. The predicted octanol–water partition coefficient (Wildman–Crippen LogP) is 2.54. The van der Waals surface area contributed by atoms with Gasteiger partial charge >= 0.3 is 0 Å². The molecule has 0 aliphatic carbocycles. The maximum atomic E-state index is 11.9.